The summed E-state index contributed by atoms with van der Waals surface area (Å²) in [5.41, 5.74) is 2.41. The summed E-state index contributed by atoms with van der Waals surface area (Å²) in [6.07, 6.45) is 1.98. The first-order valence-electron chi connectivity index (χ1n) is 6.68. The largest absolute Gasteiger partial charge is 0.383 e. The monoisotopic (exact) mass is 291 g/mol. The zero-order valence-electron chi connectivity index (χ0n) is 12.0. The van der Waals surface area contributed by atoms with Gasteiger partial charge in [0.2, 0.25) is 0 Å². The van der Waals surface area contributed by atoms with Crippen molar-refractivity contribution in [2.24, 2.45) is 7.05 Å². The van der Waals surface area contributed by atoms with Gasteiger partial charge in [-0.1, -0.05) is 12.1 Å². The summed E-state index contributed by atoms with van der Waals surface area (Å²) in [5, 5.41) is 7.74. The highest BCUT2D eigenvalue weighted by atomic mass is 32.2. The lowest BCUT2D eigenvalue weighted by Gasteiger charge is -2.06. The van der Waals surface area contributed by atoms with Crippen LogP contribution in [0.2, 0.25) is 0 Å². The number of hydrogen-bond donors (Lipinski definition) is 1. The van der Waals surface area contributed by atoms with E-state index in [-0.39, 0.29) is 0 Å². The van der Waals surface area contributed by atoms with Crippen LogP contribution < -0.4 is 5.32 Å². The van der Waals surface area contributed by atoms with E-state index in [0.717, 1.165) is 31.1 Å². The van der Waals surface area contributed by atoms with Crippen LogP contribution in [0.3, 0.4) is 0 Å². The van der Waals surface area contributed by atoms with Gasteiger partial charge in [0.1, 0.15) is 0 Å². The number of ether oxygens (including phenoxy) is 1. The molecule has 1 heterocycles. The van der Waals surface area contributed by atoms with Crippen molar-refractivity contribution >= 4 is 11.8 Å². The predicted molar refractivity (Wildman–Crippen MR) is 82.8 cm³/mol. The number of hydrogen-bond acceptors (Lipinski definition) is 4. The first-order valence-corrected chi connectivity index (χ1v) is 7.66. The van der Waals surface area contributed by atoms with Gasteiger partial charge >= 0.3 is 0 Å². The molecule has 0 saturated heterocycles. The molecule has 0 aliphatic heterocycles. The molecule has 0 fully saturated rings. The summed E-state index contributed by atoms with van der Waals surface area (Å²) in [7, 11) is 3.66. The summed E-state index contributed by atoms with van der Waals surface area (Å²) in [6, 6.07) is 10.7. The maximum absolute atomic E-state index is 5.02. The quantitative estimate of drug-likeness (QED) is 0.599. The molecule has 20 heavy (non-hydrogen) atoms. The second-order valence-corrected chi connectivity index (χ2v) is 5.64. The van der Waals surface area contributed by atoms with Crippen molar-refractivity contribution in [1.29, 1.82) is 0 Å². The Labute approximate surface area is 124 Å². The molecule has 0 radical (unpaired) electrons. The molecule has 0 unspecified atom stereocenters. The maximum atomic E-state index is 5.02. The zero-order valence-corrected chi connectivity index (χ0v) is 12.8. The van der Waals surface area contributed by atoms with Crippen molar-refractivity contribution in [2.45, 2.75) is 17.2 Å². The van der Waals surface area contributed by atoms with Gasteiger partial charge in [-0.05, 0) is 23.8 Å². The summed E-state index contributed by atoms with van der Waals surface area (Å²) in [5.74, 6) is 0.904. The average Bonchev–Trinajstić information content (AvgIpc) is 2.88. The Morgan fingerprint density at radius 1 is 1.35 bits per heavy atom. The highest BCUT2D eigenvalue weighted by molar-refractivity contribution is 7.98. The molecule has 0 saturated carbocycles. The fourth-order valence-electron chi connectivity index (χ4n) is 1.85. The van der Waals surface area contributed by atoms with Gasteiger partial charge in [-0.15, -0.1) is 11.8 Å². The predicted octanol–water partition coefficient (Wildman–Crippen LogP) is 2.45. The molecule has 0 spiro atoms. The Bertz CT molecular complexity index is 527. The number of methoxy groups -OCH3 is 1. The molecular formula is C15H21N3OS. The van der Waals surface area contributed by atoms with E-state index >= 15 is 0 Å². The van der Waals surface area contributed by atoms with E-state index in [1.165, 1.54) is 10.5 Å². The molecule has 1 N–H and O–H groups in total. The molecule has 0 atom stereocenters. The third-order valence-corrected chi connectivity index (χ3v) is 3.89. The van der Waals surface area contributed by atoms with Gasteiger partial charge < -0.3 is 10.1 Å². The van der Waals surface area contributed by atoms with Gasteiger partial charge in [-0.2, -0.15) is 5.10 Å². The number of nitrogens with zero attached hydrogens (tertiary/aromatic N) is 2. The van der Waals surface area contributed by atoms with Crippen LogP contribution in [-0.4, -0.2) is 30.0 Å². The molecule has 2 rings (SSSR count). The molecule has 1 aromatic heterocycles. The van der Waals surface area contributed by atoms with E-state index in [1.807, 2.05) is 29.7 Å². The van der Waals surface area contributed by atoms with Crippen molar-refractivity contribution in [3.63, 3.8) is 0 Å². The second kappa shape index (κ2) is 8.09. The molecular weight excluding hydrogens is 270 g/mol. The minimum atomic E-state index is 0.744. The van der Waals surface area contributed by atoms with Crippen LogP contribution >= 0.6 is 11.8 Å². The van der Waals surface area contributed by atoms with Gasteiger partial charge in [0, 0.05) is 44.1 Å². The topological polar surface area (TPSA) is 39.1 Å². The normalized spacial score (nSPS) is 10.9. The van der Waals surface area contributed by atoms with Gasteiger partial charge in [0.25, 0.3) is 0 Å². The summed E-state index contributed by atoms with van der Waals surface area (Å²) < 4.78 is 6.86. The molecule has 0 aliphatic carbocycles. The van der Waals surface area contributed by atoms with Crippen molar-refractivity contribution < 1.29 is 4.74 Å². The van der Waals surface area contributed by atoms with Crippen LogP contribution in [0, 0.1) is 0 Å². The van der Waals surface area contributed by atoms with Gasteiger partial charge in [0.05, 0.1) is 12.3 Å². The standard InChI is InChI=1S/C15H21N3OS/c1-18-8-6-14(17-18)12-20-15-5-3-4-13(10-15)11-16-7-9-19-2/h3-6,8,10,16H,7,9,11-12H2,1-2H3. The molecule has 0 bridgehead atoms. The van der Waals surface area contributed by atoms with Gasteiger partial charge in [-0.25, -0.2) is 0 Å². The number of nitrogens with one attached hydrogen (secondary N) is 1. The van der Waals surface area contributed by atoms with Crippen LogP contribution in [0.4, 0.5) is 0 Å². The Hall–Kier alpha value is -1.30. The van der Waals surface area contributed by atoms with E-state index in [2.05, 4.69) is 40.7 Å². The molecule has 4 nitrogen and oxygen atoms in total. The average molecular weight is 291 g/mol. The van der Waals surface area contributed by atoms with E-state index in [0.29, 0.717) is 0 Å². The van der Waals surface area contributed by atoms with Crippen LogP contribution in [0.5, 0.6) is 0 Å². The minimum Gasteiger partial charge on any atom is -0.383 e. The van der Waals surface area contributed by atoms with E-state index in [9.17, 15) is 0 Å². The van der Waals surface area contributed by atoms with E-state index < -0.39 is 0 Å². The van der Waals surface area contributed by atoms with Crippen LogP contribution in [-0.2, 0) is 24.1 Å². The fourth-order valence-corrected chi connectivity index (χ4v) is 2.73. The SMILES string of the molecule is COCCNCc1cccc(SCc2ccn(C)n2)c1. The first-order chi connectivity index (χ1) is 9.78. The third kappa shape index (κ3) is 5.00. The zero-order chi connectivity index (χ0) is 14.2. The second-order valence-electron chi connectivity index (χ2n) is 4.59. The third-order valence-electron chi connectivity index (χ3n) is 2.87. The Kier molecular flexibility index (Phi) is 6.11. The summed E-state index contributed by atoms with van der Waals surface area (Å²) in [6.45, 7) is 2.50. The number of aryl methyl sites for hydroxylation is 1. The van der Waals surface area contributed by atoms with Crippen molar-refractivity contribution in [3.05, 3.63) is 47.8 Å². The smallest absolute Gasteiger partial charge is 0.0727 e. The van der Waals surface area contributed by atoms with Gasteiger partial charge in [-0.3, -0.25) is 4.68 Å². The highest BCUT2D eigenvalue weighted by Gasteiger charge is 2.00. The summed E-state index contributed by atoms with van der Waals surface area (Å²) in [4.78, 5) is 1.28. The van der Waals surface area contributed by atoms with Crippen LogP contribution in [0.15, 0.2) is 41.4 Å². The molecule has 0 aliphatic rings. The highest BCUT2D eigenvalue weighted by Crippen LogP contribution is 2.22. The van der Waals surface area contributed by atoms with E-state index in [4.69, 9.17) is 4.74 Å². The molecule has 2 aromatic rings. The van der Waals surface area contributed by atoms with Crippen molar-refractivity contribution in [3.8, 4) is 0 Å². The molecule has 0 amide bonds. The molecule has 1 aromatic carbocycles. The Morgan fingerprint density at radius 2 is 2.25 bits per heavy atom. The maximum Gasteiger partial charge on any atom is 0.0727 e. The number of rotatable bonds is 8. The number of aromatic nitrogens is 2. The lowest BCUT2D eigenvalue weighted by atomic mass is 10.2. The molecule has 108 valence electrons. The lowest BCUT2D eigenvalue weighted by Crippen LogP contribution is -2.18. The fraction of sp³-hybridized carbons (Fsp3) is 0.400. The van der Waals surface area contributed by atoms with Gasteiger partial charge in [0.15, 0.2) is 0 Å². The van der Waals surface area contributed by atoms with Crippen LogP contribution in [0.25, 0.3) is 0 Å². The van der Waals surface area contributed by atoms with Crippen molar-refractivity contribution in [1.82, 2.24) is 15.1 Å². The van der Waals surface area contributed by atoms with Crippen LogP contribution in [0.1, 0.15) is 11.3 Å². The Balaban J connectivity index is 1.82. The lowest BCUT2D eigenvalue weighted by molar-refractivity contribution is 0.199. The number of thioether (sulfide) groups is 1. The minimum absolute atomic E-state index is 0.744. The first kappa shape index (κ1) is 15.1. The summed E-state index contributed by atoms with van der Waals surface area (Å²) >= 11 is 1.82. The Morgan fingerprint density at radius 3 is 3.00 bits per heavy atom. The van der Waals surface area contributed by atoms with Crippen molar-refractivity contribution in [2.75, 3.05) is 20.3 Å². The molecule has 5 heteroatoms. The van der Waals surface area contributed by atoms with E-state index in [1.54, 1.807) is 7.11 Å². The number of benzene rings is 1.